The molecule has 1 saturated carbocycles. The van der Waals surface area contributed by atoms with Crippen LogP contribution in [0.2, 0.25) is 0 Å². The van der Waals surface area contributed by atoms with Gasteiger partial charge in [0.25, 0.3) is 0 Å². The highest BCUT2D eigenvalue weighted by Gasteiger charge is 2.35. The van der Waals surface area contributed by atoms with Gasteiger partial charge in [0, 0.05) is 19.2 Å². The summed E-state index contributed by atoms with van der Waals surface area (Å²) in [4.78, 5) is 0. The monoisotopic (exact) mass is 211 g/mol. The molecule has 2 nitrogen and oxygen atoms in total. The molecule has 2 fully saturated rings. The molecule has 88 valence electrons. The highest BCUT2D eigenvalue weighted by Crippen LogP contribution is 2.43. The predicted molar refractivity (Wildman–Crippen MR) is 63.0 cm³/mol. The van der Waals surface area contributed by atoms with E-state index in [1.165, 1.54) is 38.6 Å². The topological polar surface area (TPSA) is 21.3 Å². The molecule has 0 radical (unpaired) electrons. The molecular weight excluding hydrogens is 186 g/mol. The number of hydrogen-bond acceptors (Lipinski definition) is 2. The smallest absolute Gasteiger partial charge is 0.0509 e. The van der Waals surface area contributed by atoms with Crippen LogP contribution in [0.5, 0.6) is 0 Å². The molecule has 0 aromatic carbocycles. The fourth-order valence-electron chi connectivity index (χ4n) is 2.82. The van der Waals surface area contributed by atoms with Crippen LogP contribution in [0.1, 0.15) is 46.0 Å². The van der Waals surface area contributed by atoms with Crippen LogP contribution in [0.4, 0.5) is 0 Å². The minimum Gasteiger partial charge on any atom is -0.381 e. The molecule has 0 spiro atoms. The van der Waals surface area contributed by atoms with E-state index >= 15 is 0 Å². The quantitative estimate of drug-likeness (QED) is 0.754. The molecule has 1 aliphatic carbocycles. The summed E-state index contributed by atoms with van der Waals surface area (Å²) in [5.41, 5.74) is 0.647. The number of hydrogen-bond donors (Lipinski definition) is 1. The number of ether oxygens (including phenoxy) is 1. The second kappa shape index (κ2) is 4.84. The third kappa shape index (κ3) is 2.54. The van der Waals surface area contributed by atoms with Crippen LogP contribution in [0, 0.1) is 11.3 Å². The van der Waals surface area contributed by atoms with Crippen molar-refractivity contribution in [2.24, 2.45) is 11.3 Å². The normalized spacial score (nSPS) is 31.2. The molecule has 1 N–H and O–H groups in total. The van der Waals surface area contributed by atoms with Gasteiger partial charge in [0.2, 0.25) is 0 Å². The van der Waals surface area contributed by atoms with E-state index in [0.29, 0.717) is 11.5 Å². The Bertz CT molecular complexity index is 189. The van der Waals surface area contributed by atoms with Crippen LogP contribution >= 0.6 is 0 Å². The SMILES string of the molecule is CCC1(CNC(C)C2CCOC2)CCC1. The maximum absolute atomic E-state index is 5.44. The average molecular weight is 211 g/mol. The Kier molecular flexibility index (Phi) is 3.68. The lowest BCUT2D eigenvalue weighted by Gasteiger charge is -2.42. The van der Waals surface area contributed by atoms with Gasteiger partial charge in [-0.1, -0.05) is 13.3 Å². The zero-order chi connectivity index (χ0) is 10.7. The van der Waals surface area contributed by atoms with Crippen molar-refractivity contribution in [2.75, 3.05) is 19.8 Å². The molecule has 1 heterocycles. The zero-order valence-corrected chi connectivity index (χ0v) is 10.2. The third-order valence-electron chi connectivity index (χ3n) is 4.64. The Morgan fingerprint density at radius 2 is 2.27 bits per heavy atom. The summed E-state index contributed by atoms with van der Waals surface area (Å²) in [6, 6.07) is 0.636. The van der Waals surface area contributed by atoms with Gasteiger partial charge in [0.05, 0.1) is 6.61 Å². The molecule has 2 unspecified atom stereocenters. The van der Waals surface area contributed by atoms with Gasteiger partial charge < -0.3 is 10.1 Å². The second-order valence-corrected chi connectivity index (χ2v) is 5.50. The van der Waals surface area contributed by atoms with Crippen LogP contribution in [-0.2, 0) is 4.74 Å². The van der Waals surface area contributed by atoms with E-state index in [1.54, 1.807) is 0 Å². The summed E-state index contributed by atoms with van der Waals surface area (Å²) in [5.74, 6) is 0.749. The molecule has 2 rings (SSSR count). The van der Waals surface area contributed by atoms with E-state index in [1.807, 2.05) is 0 Å². The van der Waals surface area contributed by atoms with Gasteiger partial charge in [-0.15, -0.1) is 0 Å². The van der Waals surface area contributed by atoms with Gasteiger partial charge >= 0.3 is 0 Å². The molecule has 0 amide bonds. The maximum atomic E-state index is 5.44. The number of rotatable bonds is 5. The Balaban J connectivity index is 1.72. The highest BCUT2D eigenvalue weighted by atomic mass is 16.5. The Labute approximate surface area is 93.8 Å². The highest BCUT2D eigenvalue weighted by molar-refractivity contribution is 4.90. The minimum atomic E-state index is 0.636. The maximum Gasteiger partial charge on any atom is 0.0509 e. The van der Waals surface area contributed by atoms with E-state index in [0.717, 1.165) is 19.1 Å². The third-order valence-corrected chi connectivity index (χ3v) is 4.64. The second-order valence-electron chi connectivity index (χ2n) is 5.50. The summed E-state index contributed by atoms with van der Waals surface area (Å²) >= 11 is 0. The van der Waals surface area contributed by atoms with Crippen molar-refractivity contribution < 1.29 is 4.74 Å². The molecule has 2 heteroatoms. The van der Waals surface area contributed by atoms with Crippen LogP contribution in [0.3, 0.4) is 0 Å². The Morgan fingerprint density at radius 1 is 1.47 bits per heavy atom. The van der Waals surface area contributed by atoms with Crippen LogP contribution < -0.4 is 5.32 Å². The molecule has 0 aromatic rings. The zero-order valence-electron chi connectivity index (χ0n) is 10.2. The Morgan fingerprint density at radius 3 is 2.73 bits per heavy atom. The summed E-state index contributed by atoms with van der Waals surface area (Å²) in [7, 11) is 0. The van der Waals surface area contributed by atoms with Gasteiger partial charge in [-0.2, -0.15) is 0 Å². The summed E-state index contributed by atoms with van der Waals surface area (Å²) in [6.07, 6.45) is 6.90. The standard InChI is InChI=1S/C13H25NO/c1-3-13(6-4-7-13)10-14-11(2)12-5-8-15-9-12/h11-12,14H,3-10H2,1-2H3. The van der Waals surface area contributed by atoms with Crippen molar-refractivity contribution in [3.05, 3.63) is 0 Å². The van der Waals surface area contributed by atoms with Crippen molar-refractivity contribution in [3.8, 4) is 0 Å². The first-order valence-electron chi connectivity index (χ1n) is 6.57. The summed E-state index contributed by atoms with van der Waals surface area (Å²) in [5, 5.41) is 3.74. The van der Waals surface area contributed by atoms with Crippen molar-refractivity contribution >= 4 is 0 Å². The largest absolute Gasteiger partial charge is 0.381 e. The van der Waals surface area contributed by atoms with Gasteiger partial charge in [0.1, 0.15) is 0 Å². The predicted octanol–water partition coefficient (Wildman–Crippen LogP) is 2.58. The molecule has 2 aliphatic rings. The van der Waals surface area contributed by atoms with Crippen molar-refractivity contribution in [1.29, 1.82) is 0 Å². The lowest BCUT2D eigenvalue weighted by molar-refractivity contribution is 0.113. The lowest BCUT2D eigenvalue weighted by Crippen LogP contribution is -2.44. The fraction of sp³-hybridized carbons (Fsp3) is 1.00. The minimum absolute atomic E-state index is 0.636. The Hall–Kier alpha value is -0.0800. The van der Waals surface area contributed by atoms with Gasteiger partial charge in [0.15, 0.2) is 0 Å². The number of nitrogens with one attached hydrogen (secondary N) is 1. The van der Waals surface area contributed by atoms with Crippen molar-refractivity contribution in [3.63, 3.8) is 0 Å². The van der Waals surface area contributed by atoms with E-state index < -0.39 is 0 Å². The van der Waals surface area contributed by atoms with E-state index in [4.69, 9.17) is 4.74 Å². The van der Waals surface area contributed by atoms with Crippen molar-refractivity contribution in [2.45, 2.75) is 52.0 Å². The van der Waals surface area contributed by atoms with Gasteiger partial charge in [-0.3, -0.25) is 0 Å². The van der Waals surface area contributed by atoms with Crippen LogP contribution in [0.15, 0.2) is 0 Å². The van der Waals surface area contributed by atoms with Gasteiger partial charge in [-0.25, -0.2) is 0 Å². The first-order valence-corrected chi connectivity index (χ1v) is 6.57. The van der Waals surface area contributed by atoms with Crippen molar-refractivity contribution in [1.82, 2.24) is 5.32 Å². The fourth-order valence-corrected chi connectivity index (χ4v) is 2.82. The summed E-state index contributed by atoms with van der Waals surface area (Å²) in [6.45, 7) is 7.82. The van der Waals surface area contributed by atoms with E-state index in [-0.39, 0.29) is 0 Å². The molecular formula is C13H25NO. The molecule has 0 bridgehead atoms. The van der Waals surface area contributed by atoms with Crippen LogP contribution in [-0.4, -0.2) is 25.8 Å². The molecule has 0 aromatic heterocycles. The lowest BCUT2D eigenvalue weighted by atomic mass is 9.67. The first kappa shape index (κ1) is 11.4. The average Bonchev–Trinajstić information content (AvgIpc) is 2.69. The van der Waals surface area contributed by atoms with E-state index in [2.05, 4.69) is 19.2 Å². The molecule has 1 aliphatic heterocycles. The van der Waals surface area contributed by atoms with E-state index in [9.17, 15) is 0 Å². The molecule has 15 heavy (non-hydrogen) atoms. The van der Waals surface area contributed by atoms with Crippen LogP contribution in [0.25, 0.3) is 0 Å². The molecule has 2 atom stereocenters. The first-order chi connectivity index (χ1) is 7.26. The van der Waals surface area contributed by atoms with Gasteiger partial charge in [-0.05, 0) is 43.9 Å². The molecule has 1 saturated heterocycles. The summed E-state index contributed by atoms with van der Waals surface area (Å²) < 4.78 is 5.44.